The normalized spacial score (nSPS) is 12.9. The average molecular weight is 712 g/mol. The Hall–Kier alpha value is -5.69. The van der Waals surface area contributed by atoms with Gasteiger partial charge in [0.05, 0.1) is 40.1 Å². The summed E-state index contributed by atoms with van der Waals surface area (Å²) in [5.41, 5.74) is -0.420. The van der Waals surface area contributed by atoms with Crippen LogP contribution in [0, 0.1) is 0 Å². The Labute approximate surface area is 274 Å². The molecule has 0 aliphatic heterocycles. The minimum atomic E-state index is -5.10. The summed E-state index contributed by atoms with van der Waals surface area (Å²) >= 11 is 0. The number of benzene rings is 2. The third kappa shape index (κ3) is 7.18. The number of halogens is 9. The molecule has 0 atom stereocenters. The smallest absolute Gasteiger partial charge is 0.406 e. The maximum absolute atomic E-state index is 13.4. The fourth-order valence-corrected chi connectivity index (χ4v) is 5.16. The Morgan fingerprint density at radius 3 is 1.92 bits per heavy atom. The number of nitrogens with zero attached hydrogens (tertiary/aromatic N) is 9. The van der Waals surface area contributed by atoms with Gasteiger partial charge in [-0.1, -0.05) is 0 Å². The van der Waals surface area contributed by atoms with Crippen molar-refractivity contribution in [2.24, 2.45) is 0 Å². The zero-order valence-corrected chi connectivity index (χ0v) is 25.8. The molecule has 0 amide bonds. The van der Waals surface area contributed by atoms with Crippen molar-refractivity contribution in [2.75, 3.05) is 4.90 Å². The SMILES string of the molecule is CC(C)(C)n1ncc2c(-c3cc(OC(F)(F)F)ccc3N(c3ccc(OC(F)(F)F)cc3)c3ncnc4c3cnn4CC(F)(F)F)ncnc21. The zero-order chi connectivity index (χ0) is 36.2. The molecule has 20 heteroatoms. The predicted octanol–water partition coefficient (Wildman–Crippen LogP) is 8.22. The van der Waals surface area contributed by atoms with Crippen molar-refractivity contribution in [1.29, 1.82) is 0 Å². The molecule has 0 fully saturated rings. The number of fused-ring (bicyclic) bond motifs is 2. The van der Waals surface area contributed by atoms with Crippen LogP contribution in [0.2, 0.25) is 0 Å². The van der Waals surface area contributed by atoms with Crippen molar-refractivity contribution >= 4 is 39.3 Å². The largest absolute Gasteiger partial charge is 0.573 e. The monoisotopic (exact) mass is 711 g/mol. The van der Waals surface area contributed by atoms with E-state index in [2.05, 4.69) is 39.6 Å². The van der Waals surface area contributed by atoms with Crippen LogP contribution in [-0.4, -0.2) is 58.4 Å². The molecule has 0 bridgehead atoms. The van der Waals surface area contributed by atoms with Gasteiger partial charge in [-0.2, -0.15) is 23.4 Å². The van der Waals surface area contributed by atoms with Gasteiger partial charge in [-0.15, -0.1) is 26.3 Å². The van der Waals surface area contributed by atoms with E-state index < -0.39 is 42.5 Å². The summed E-state index contributed by atoms with van der Waals surface area (Å²) in [6.45, 7) is 4.02. The first-order valence-electron chi connectivity index (χ1n) is 14.3. The van der Waals surface area contributed by atoms with Gasteiger partial charge in [-0.25, -0.2) is 29.3 Å². The fraction of sp³-hybridized carbons (Fsp3) is 0.267. The second kappa shape index (κ2) is 12.0. The van der Waals surface area contributed by atoms with Gasteiger partial charge >= 0.3 is 18.9 Å². The molecule has 2 aromatic carbocycles. The lowest BCUT2D eigenvalue weighted by atomic mass is 10.0. The lowest BCUT2D eigenvalue weighted by Gasteiger charge is -2.27. The van der Waals surface area contributed by atoms with Gasteiger partial charge in [0.1, 0.15) is 30.7 Å². The average Bonchev–Trinajstić information content (AvgIpc) is 3.61. The van der Waals surface area contributed by atoms with Gasteiger partial charge in [0.25, 0.3) is 0 Å². The highest BCUT2D eigenvalue weighted by Gasteiger charge is 2.34. The number of hydrogen-bond donors (Lipinski definition) is 0. The molecule has 0 unspecified atom stereocenters. The summed E-state index contributed by atoms with van der Waals surface area (Å²) < 4.78 is 130. The summed E-state index contributed by atoms with van der Waals surface area (Å²) in [6.07, 6.45) is -10.2. The lowest BCUT2D eigenvalue weighted by molar-refractivity contribution is -0.275. The van der Waals surface area contributed by atoms with Gasteiger partial charge in [0, 0.05) is 11.3 Å². The summed E-state index contributed by atoms with van der Waals surface area (Å²) in [5, 5.41) is 8.47. The molecule has 0 radical (unpaired) electrons. The van der Waals surface area contributed by atoms with E-state index in [9.17, 15) is 39.5 Å². The molecule has 0 saturated heterocycles. The van der Waals surface area contributed by atoms with Crippen LogP contribution in [0.3, 0.4) is 0 Å². The minimum Gasteiger partial charge on any atom is -0.406 e. The van der Waals surface area contributed by atoms with Gasteiger partial charge in [0.15, 0.2) is 17.1 Å². The molecule has 0 saturated carbocycles. The van der Waals surface area contributed by atoms with Gasteiger partial charge < -0.3 is 9.47 Å². The van der Waals surface area contributed by atoms with Crippen LogP contribution in [0.5, 0.6) is 11.5 Å². The van der Waals surface area contributed by atoms with E-state index in [4.69, 9.17) is 0 Å². The Morgan fingerprint density at radius 2 is 1.28 bits per heavy atom. The van der Waals surface area contributed by atoms with E-state index >= 15 is 0 Å². The van der Waals surface area contributed by atoms with Crippen LogP contribution in [0.4, 0.5) is 56.7 Å². The molecule has 262 valence electrons. The number of anilines is 3. The van der Waals surface area contributed by atoms with Gasteiger partial charge in [-0.05, 0) is 63.2 Å². The highest BCUT2D eigenvalue weighted by molar-refractivity contribution is 6.00. The molecule has 0 N–H and O–H groups in total. The van der Waals surface area contributed by atoms with E-state index in [-0.39, 0.29) is 39.5 Å². The summed E-state index contributed by atoms with van der Waals surface area (Å²) in [7, 11) is 0. The Balaban J connectivity index is 1.63. The topological polar surface area (TPSA) is 109 Å². The first-order chi connectivity index (χ1) is 23.3. The maximum Gasteiger partial charge on any atom is 0.573 e. The highest BCUT2D eigenvalue weighted by atomic mass is 19.4. The second-order valence-electron chi connectivity index (χ2n) is 11.6. The number of alkyl halides is 9. The summed E-state index contributed by atoms with van der Waals surface area (Å²) in [6, 6.07) is 7.52. The molecule has 11 nitrogen and oxygen atoms in total. The Morgan fingerprint density at radius 1 is 0.680 bits per heavy atom. The highest BCUT2D eigenvalue weighted by Crippen LogP contribution is 2.45. The van der Waals surface area contributed by atoms with Gasteiger partial charge in [0.2, 0.25) is 0 Å². The van der Waals surface area contributed by atoms with E-state index in [1.54, 1.807) is 4.68 Å². The van der Waals surface area contributed by atoms with Crippen LogP contribution < -0.4 is 14.4 Å². The molecule has 50 heavy (non-hydrogen) atoms. The van der Waals surface area contributed by atoms with Crippen LogP contribution in [0.25, 0.3) is 33.3 Å². The first-order valence-corrected chi connectivity index (χ1v) is 14.3. The first kappa shape index (κ1) is 34.2. The van der Waals surface area contributed by atoms with E-state index in [1.807, 2.05) is 20.8 Å². The fourth-order valence-electron chi connectivity index (χ4n) is 5.16. The third-order valence-electron chi connectivity index (χ3n) is 6.98. The molecule has 6 rings (SSSR count). The molecule has 4 heterocycles. The quantitative estimate of drug-likeness (QED) is 0.151. The van der Waals surface area contributed by atoms with Crippen LogP contribution in [-0.2, 0) is 12.1 Å². The molecular formula is C30H22F9N9O2. The molecule has 0 spiro atoms. The number of aromatic nitrogens is 8. The lowest BCUT2D eigenvalue weighted by Crippen LogP contribution is -2.23. The second-order valence-corrected chi connectivity index (χ2v) is 11.6. The standard InChI is InChI=1S/C30H22F9N9O2/c1-27(2,3)48-26-20(11-45-48)23(40-14-43-26)19-10-18(50-30(37,38)39)8-9-22(19)47(16-4-6-17(7-5-16)49-29(34,35)36)25-21-12-44-46(13-28(31,32)33)24(21)41-15-42-25/h4-12,14-15H,13H2,1-3H3. The van der Waals surface area contributed by atoms with Crippen molar-refractivity contribution in [1.82, 2.24) is 39.5 Å². The molecular weight excluding hydrogens is 689 g/mol. The zero-order valence-electron chi connectivity index (χ0n) is 25.8. The van der Waals surface area contributed by atoms with Crippen molar-refractivity contribution in [2.45, 2.75) is 51.8 Å². The Bertz CT molecular complexity index is 2170. The minimum absolute atomic E-state index is 0.0242. The van der Waals surface area contributed by atoms with Crippen molar-refractivity contribution < 1.29 is 49.0 Å². The number of hydrogen-bond acceptors (Lipinski definition) is 9. The summed E-state index contributed by atoms with van der Waals surface area (Å²) in [5.74, 6) is -1.39. The van der Waals surface area contributed by atoms with Crippen molar-refractivity contribution in [3.05, 3.63) is 67.5 Å². The van der Waals surface area contributed by atoms with E-state index in [1.165, 1.54) is 35.6 Å². The van der Waals surface area contributed by atoms with E-state index in [0.29, 0.717) is 15.7 Å². The van der Waals surface area contributed by atoms with Crippen LogP contribution in [0.15, 0.2) is 67.5 Å². The van der Waals surface area contributed by atoms with Crippen LogP contribution >= 0.6 is 0 Å². The predicted molar refractivity (Wildman–Crippen MR) is 159 cm³/mol. The molecule has 4 aromatic heterocycles. The Kier molecular flexibility index (Phi) is 8.22. The van der Waals surface area contributed by atoms with E-state index in [0.717, 1.165) is 36.8 Å². The van der Waals surface area contributed by atoms with Crippen molar-refractivity contribution in [3.8, 4) is 22.8 Å². The van der Waals surface area contributed by atoms with Gasteiger partial charge in [-0.3, -0.25) is 4.90 Å². The maximum atomic E-state index is 13.4. The molecule has 0 aliphatic rings. The molecule has 6 aromatic rings. The number of ether oxygens (including phenoxy) is 2. The van der Waals surface area contributed by atoms with Crippen LogP contribution in [0.1, 0.15) is 20.8 Å². The summed E-state index contributed by atoms with van der Waals surface area (Å²) in [4.78, 5) is 18.2. The number of rotatable bonds is 7. The molecule has 0 aliphatic carbocycles. The third-order valence-corrected chi connectivity index (χ3v) is 6.98. The van der Waals surface area contributed by atoms with Crippen molar-refractivity contribution in [3.63, 3.8) is 0 Å².